The summed E-state index contributed by atoms with van der Waals surface area (Å²) in [5.41, 5.74) is 0.955. The highest BCUT2D eigenvalue weighted by molar-refractivity contribution is 5.87. The number of nitrogens with one attached hydrogen (secondary N) is 1. The molecule has 76 valence electrons. The number of hydrogen-bond donors (Lipinski definition) is 2. The fourth-order valence-corrected chi connectivity index (χ4v) is 0.754. The van der Waals surface area contributed by atoms with Gasteiger partial charge in [0.1, 0.15) is 0 Å². The first kappa shape index (κ1) is 12.2. The third-order valence-electron chi connectivity index (χ3n) is 1.67. The normalized spacial score (nSPS) is 12.5. The molecule has 1 atom stereocenters. The van der Waals surface area contributed by atoms with E-state index in [1.807, 2.05) is 27.7 Å². The Balaban J connectivity index is 3.77. The number of aliphatic hydroxyl groups excluding tert-OH is 1. The zero-order chi connectivity index (χ0) is 10.4. The Morgan fingerprint density at radius 2 is 2.00 bits per heavy atom. The SMILES string of the molecule is CC(C)=CC(=O)NCC(O)C(C)C. The average Bonchev–Trinajstić information content (AvgIpc) is 1.98. The van der Waals surface area contributed by atoms with Crippen LogP contribution in [0.5, 0.6) is 0 Å². The van der Waals surface area contributed by atoms with Crippen molar-refractivity contribution in [2.75, 3.05) is 6.54 Å². The highest BCUT2D eigenvalue weighted by Crippen LogP contribution is 1.98. The van der Waals surface area contributed by atoms with Crippen molar-refractivity contribution in [3.05, 3.63) is 11.6 Å². The summed E-state index contributed by atoms with van der Waals surface area (Å²) in [7, 11) is 0. The average molecular weight is 185 g/mol. The van der Waals surface area contributed by atoms with Crippen LogP contribution in [0, 0.1) is 5.92 Å². The monoisotopic (exact) mass is 185 g/mol. The van der Waals surface area contributed by atoms with Gasteiger partial charge in [0, 0.05) is 12.6 Å². The van der Waals surface area contributed by atoms with Gasteiger partial charge in [-0.1, -0.05) is 19.4 Å². The van der Waals surface area contributed by atoms with Crippen molar-refractivity contribution in [3.8, 4) is 0 Å². The molecule has 0 heterocycles. The van der Waals surface area contributed by atoms with Gasteiger partial charge in [0.2, 0.25) is 5.91 Å². The van der Waals surface area contributed by atoms with Crippen LogP contribution in [0.1, 0.15) is 27.7 Å². The largest absolute Gasteiger partial charge is 0.391 e. The van der Waals surface area contributed by atoms with Crippen LogP contribution in [0.15, 0.2) is 11.6 Å². The van der Waals surface area contributed by atoms with E-state index in [2.05, 4.69) is 5.32 Å². The molecular formula is C10H19NO2. The smallest absolute Gasteiger partial charge is 0.244 e. The minimum atomic E-state index is -0.463. The third kappa shape index (κ3) is 6.34. The third-order valence-corrected chi connectivity index (χ3v) is 1.67. The van der Waals surface area contributed by atoms with E-state index >= 15 is 0 Å². The summed E-state index contributed by atoms with van der Waals surface area (Å²) in [6.07, 6.45) is 1.06. The maximum Gasteiger partial charge on any atom is 0.244 e. The summed E-state index contributed by atoms with van der Waals surface area (Å²) in [4.78, 5) is 11.1. The standard InChI is InChI=1S/C10H19NO2/c1-7(2)5-10(13)11-6-9(12)8(3)4/h5,8-9,12H,6H2,1-4H3,(H,11,13). The molecule has 0 rings (SSSR count). The van der Waals surface area contributed by atoms with Crippen LogP contribution < -0.4 is 5.32 Å². The van der Waals surface area contributed by atoms with Crippen molar-refractivity contribution in [1.82, 2.24) is 5.32 Å². The van der Waals surface area contributed by atoms with Gasteiger partial charge in [0.05, 0.1) is 6.10 Å². The van der Waals surface area contributed by atoms with Gasteiger partial charge < -0.3 is 10.4 Å². The van der Waals surface area contributed by atoms with Gasteiger partial charge in [-0.3, -0.25) is 4.79 Å². The molecule has 0 aliphatic heterocycles. The lowest BCUT2D eigenvalue weighted by atomic mass is 10.1. The quantitative estimate of drug-likeness (QED) is 0.644. The Morgan fingerprint density at radius 3 is 2.38 bits per heavy atom. The van der Waals surface area contributed by atoms with Gasteiger partial charge in [-0.2, -0.15) is 0 Å². The molecule has 0 aromatic heterocycles. The van der Waals surface area contributed by atoms with Gasteiger partial charge in [-0.25, -0.2) is 0 Å². The highest BCUT2D eigenvalue weighted by atomic mass is 16.3. The zero-order valence-corrected chi connectivity index (χ0v) is 8.79. The summed E-state index contributed by atoms with van der Waals surface area (Å²) >= 11 is 0. The molecule has 0 fully saturated rings. The molecule has 2 N–H and O–H groups in total. The number of carbonyl (C=O) groups excluding carboxylic acids is 1. The molecule has 0 aromatic rings. The van der Waals surface area contributed by atoms with Crippen LogP contribution in [-0.2, 0) is 4.79 Å². The Labute approximate surface area is 79.8 Å². The molecule has 0 aromatic carbocycles. The molecule has 0 saturated carbocycles. The van der Waals surface area contributed by atoms with Crippen molar-refractivity contribution < 1.29 is 9.90 Å². The first-order chi connectivity index (χ1) is 5.93. The molecular weight excluding hydrogens is 166 g/mol. The molecule has 0 bridgehead atoms. The van der Waals surface area contributed by atoms with E-state index in [0.717, 1.165) is 5.57 Å². The zero-order valence-electron chi connectivity index (χ0n) is 8.79. The van der Waals surface area contributed by atoms with E-state index in [0.29, 0.717) is 6.54 Å². The molecule has 13 heavy (non-hydrogen) atoms. The first-order valence-corrected chi connectivity index (χ1v) is 4.54. The van der Waals surface area contributed by atoms with E-state index in [4.69, 9.17) is 0 Å². The second-order valence-corrected chi connectivity index (χ2v) is 3.78. The molecule has 0 spiro atoms. The molecule has 3 nitrogen and oxygen atoms in total. The van der Waals surface area contributed by atoms with Gasteiger partial charge in [0.15, 0.2) is 0 Å². The van der Waals surface area contributed by atoms with E-state index < -0.39 is 6.10 Å². The molecule has 0 radical (unpaired) electrons. The second-order valence-electron chi connectivity index (χ2n) is 3.78. The van der Waals surface area contributed by atoms with Crippen LogP contribution >= 0.6 is 0 Å². The lowest BCUT2D eigenvalue weighted by molar-refractivity contribution is -0.117. The number of amides is 1. The molecule has 0 aliphatic carbocycles. The number of allylic oxidation sites excluding steroid dienone is 1. The Kier molecular flexibility index (Phi) is 5.39. The lowest BCUT2D eigenvalue weighted by Crippen LogP contribution is -2.33. The predicted molar refractivity (Wildman–Crippen MR) is 53.3 cm³/mol. The van der Waals surface area contributed by atoms with Crippen LogP contribution in [0.25, 0.3) is 0 Å². The van der Waals surface area contributed by atoms with Crippen LogP contribution in [0.4, 0.5) is 0 Å². The molecule has 0 saturated heterocycles. The van der Waals surface area contributed by atoms with Gasteiger partial charge >= 0.3 is 0 Å². The number of aliphatic hydroxyl groups is 1. The second kappa shape index (κ2) is 5.75. The number of rotatable bonds is 4. The molecule has 1 amide bonds. The Bertz CT molecular complexity index is 193. The predicted octanol–water partition coefficient (Wildman–Crippen LogP) is 1.09. The van der Waals surface area contributed by atoms with E-state index in [9.17, 15) is 9.90 Å². The van der Waals surface area contributed by atoms with Gasteiger partial charge in [0.25, 0.3) is 0 Å². The minimum absolute atomic E-state index is 0.139. The van der Waals surface area contributed by atoms with Crippen LogP contribution in [0.2, 0.25) is 0 Å². The van der Waals surface area contributed by atoms with E-state index in [1.54, 1.807) is 0 Å². The van der Waals surface area contributed by atoms with Gasteiger partial charge in [-0.05, 0) is 19.8 Å². The van der Waals surface area contributed by atoms with Crippen molar-refractivity contribution in [1.29, 1.82) is 0 Å². The topological polar surface area (TPSA) is 49.3 Å². The van der Waals surface area contributed by atoms with Crippen LogP contribution in [-0.4, -0.2) is 23.7 Å². The van der Waals surface area contributed by atoms with Crippen molar-refractivity contribution in [3.63, 3.8) is 0 Å². The summed E-state index contributed by atoms with van der Waals surface area (Å²) in [5.74, 6) is 0.0340. The van der Waals surface area contributed by atoms with E-state index in [1.165, 1.54) is 6.08 Å². The fraction of sp³-hybridized carbons (Fsp3) is 0.700. The van der Waals surface area contributed by atoms with Gasteiger partial charge in [-0.15, -0.1) is 0 Å². The lowest BCUT2D eigenvalue weighted by Gasteiger charge is -2.14. The highest BCUT2D eigenvalue weighted by Gasteiger charge is 2.09. The maximum atomic E-state index is 11.1. The Hall–Kier alpha value is -0.830. The number of hydrogen-bond acceptors (Lipinski definition) is 2. The summed E-state index contributed by atoms with van der Waals surface area (Å²) in [6.45, 7) is 7.87. The van der Waals surface area contributed by atoms with Crippen molar-refractivity contribution in [2.24, 2.45) is 5.92 Å². The van der Waals surface area contributed by atoms with Crippen molar-refractivity contribution >= 4 is 5.91 Å². The molecule has 1 unspecified atom stereocenters. The summed E-state index contributed by atoms with van der Waals surface area (Å²) in [5, 5.41) is 12.0. The van der Waals surface area contributed by atoms with E-state index in [-0.39, 0.29) is 11.8 Å². The maximum absolute atomic E-state index is 11.1. The van der Waals surface area contributed by atoms with Crippen LogP contribution in [0.3, 0.4) is 0 Å². The number of carbonyl (C=O) groups is 1. The summed E-state index contributed by atoms with van der Waals surface area (Å²) in [6, 6.07) is 0. The molecule has 0 aliphatic rings. The van der Waals surface area contributed by atoms with Crippen molar-refractivity contribution in [2.45, 2.75) is 33.8 Å². The fourth-order valence-electron chi connectivity index (χ4n) is 0.754. The molecule has 3 heteroatoms. The minimum Gasteiger partial charge on any atom is -0.391 e. The Morgan fingerprint density at radius 1 is 1.46 bits per heavy atom. The summed E-state index contributed by atoms with van der Waals surface area (Å²) < 4.78 is 0. The first-order valence-electron chi connectivity index (χ1n) is 4.54.